The van der Waals surface area contributed by atoms with E-state index in [0.29, 0.717) is 23.7 Å². The number of nitro benzene ring substituents is 1. The maximum absolute atomic E-state index is 13.1. The van der Waals surface area contributed by atoms with Gasteiger partial charge < -0.3 is 14.4 Å². The standard InChI is InChI=1S/C24H19N3O7/c1-3-12-33-18-10-6-16(7-11-18)22(28)20-21(15-4-8-17(9-5-15)27(31)32)26(24(30)23(20)29)19-13-14(2)34-25-19/h3-11,13,21,28H,1,12H2,2H3/b22-20+. The van der Waals surface area contributed by atoms with Crippen molar-refractivity contribution in [2.45, 2.75) is 13.0 Å². The number of nitro groups is 1. The van der Waals surface area contributed by atoms with Crippen LogP contribution in [-0.2, 0) is 9.59 Å². The van der Waals surface area contributed by atoms with Crippen molar-refractivity contribution < 1.29 is 28.9 Å². The molecule has 10 heteroatoms. The fraction of sp³-hybridized carbons (Fsp3) is 0.125. The number of aliphatic hydroxyl groups is 1. The van der Waals surface area contributed by atoms with E-state index in [4.69, 9.17) is 9.26 Å². The molecule has 2 heterocycles. The number of aliphatic hydroxyl groups excluding tert-OH is 1. The van der Waals surface area contributed by atoms with Gasteiger partial charge in [-0.1, -0.05) is 17.8 Å². The van der Waals surface area contributed by atoms with E-state index in [2.05, 4.69) is 11.7 Å². The van der Waals surface area contributed by atoms with Gasteiger partial charge in [-0.15, -0.1) is 0 Å². The summed E-state index contributed by atoms with van der Waals surface area (Å²) in [6.45, 7) is 5.51. The molecule has 0 spiro atoms. The summed E-state index contributed by atoms with van der Waals surface area (Å²) < 4.78 is 10.5. The van der Waals surface area contributed by atoms with E-state index in [1.807, 2.05) is 0 Å². The molecule has 1 N–H and O–H groups in total. The zero-order chi connectivity index (χ0) is 24.4. The highest BCUT2D eigenvalue weighted by Crippen LogP contribution is 2.42. The summed E-state index contributed by atoms with van der Waals surface area (Å²) in [5.41, 5.74) is 0.317. The number of aromatic nitrogens is 1. The number of hydrogen-bond acceptors (Lipinski definition) is 8. The highest BCUT2D eigenvalue weighted by Gasteiger charge is 2.48. The molecule has 1 unspecified atom stereocenters. The van der Waals surface area contributed by atoms with Crippen LogP contribution in [0.4, 0.5) is 11.5 Å². The minimum absolute atomic E-state index is 0.0789. The number of nitrogens with zero attached hydrogens (tertiary/aromatic N) is 3. The van der Waals surface area contributed by atoms with Gasteiger partial charge in [-0.2, -0.15) is 0 Å². The first kappa shape index (κ1) is 22.5. The molecule has 4 rings (SSSR count). The Morgan fingerprint density at radius 1 is 1.24 bits per heavy atom. The van der Waals surface area contributed by atoms with E-state index in [0.717, 1.165) is 4.90 Å². The van der Waals surface area contributed by atoms with Gasteiger partial charge in [0.2, 0.25) is 0 Å². The number of carbonyl (C=O) groups is 2. The number of non-ortho nitro benzene ring substituents is 1. The third kappa shape index (κ3) is 4.04. The Hall–Kier alpha value is -4.73. The second-order valence-electron chi connectivity index (χ2n) is 7.44. The molecule has 2 aromatic carbocycles. The average molecular weight is 461 g/mol. The van der Waals surface area contributed by atoms with Gasteiger partial charge in [0.05, 0.1) is 16.5 Å². The number of rotatable bonds is 7. The van der Waals surface area contributed by atoms with Crippen molar-refractivity contribution in [1.82, 2.24) is 5.16 Å². The molecule has 1 amide bonds. The van der Waals surface area contributed by atoms with Crippen LogP contribution in [0.5, 0.6) is 5.75 Å². The highest BCUT2D eigenvalue weighted by molar-refractivity contribution is 6.51. The monoisotopic (exact) mass is 461 g/mol. The molecule has 10 nitrogen and oxygen atoms in total. The minimum Gasteiger partial charge on any atom is -0.507 e. The molecule has 1 saturated heterocycles. The summed E-state index contributed by atoms with van der Waals surface area (Å²) in [5.74, 6) is -1.22. The van der Waals surface area contributed by atoms with E-state index in [1.54, 1.807) is 37.3 Å². The predicted molar refractivity (Wildman–Crippen MR) is 121 cm³/mol. The molecular weight excluding hydrogens is 442 g/mol. The molecule has 34 heavy (non-hydrogen) atoms. The number of amides is 1. The summed E-state index contributed by atoms with van der Waals surface area (Å²) in [6, 6.07) is 12.1. The van der Waals surface area contributed by atoms with E-state index in [9.17, 15) is 24.8 Å². The molecule has 0 saturated carbocycles. The summed E-state index contributed by atoms with van der Waals surface area (Å²) >= 11 is 0. The minimum atomic E-state index is -1.08. The Morgan fingerprint density at radius 2 is 1.91 bits per heavy atom. The molecule has 172 valence electrons. The van der Waals surface area contributed by atoms with Gasteiger partial charge in [-0.25, -0.2) is 0 Å². The smallest absolute Gasteiger partial charge is 0.301 e. The molecule has 1 aliphatic heterocycles. The highest BCUT2D eigenvalue weighted by atomic mass is 16.6. The van der Waals surface area contributed by atoms with Gasteiger partial charge >= 0.3 is 5.91 Å². The van der Waals surface area contributed by atoms with Crippen molar-refractivity contribution in [2.24, 2.45) is 0 Å². The van der Waals surface area contributed by atoms with Crippen LogP contribution in [0.25, 0.3) is 5.76 Å². The fourth-order valence-corrected chi connectivity index (χ4v) is 3.65. The Kier molecular flexibility index (Phi) is 5.96. The molecule has 0 bridgehead atoms. The van der Waals surface area contributed by atoms with Crippen molar-refractivity contribution in [3.63, 3.8) is 0 Å². The fourth-order valence-electron chi connectivity index (χ4n) is 3.65. The van der Waals surface area contributed by atoms with Gasteiger partial charge in [0.25, 0.3) is 11.5 Å². The first-order chi connectivity index (χ1) is 16.3. The molecule has 1 atom stereocenters. The zero-order valence-corrected chi connectivity index (χ0v) is 18.0. The Bertz CT molecular complexity index is 1310. The van der Waals surface area contributed by atoms with Crippen molar-refractivity contribution in [3.05, 3.63) is 99.8 Å². The number of aryl methyl sites for hydroxylation is 1. The van der Waals surface area contributed by atoms with Gasteiger partial charge in [0.1, 0.15) is 23.9 Å². The van der Waals surface area contributed by atoms with Crippen LogP contribution in [-0.4, -0.2) is 33.5 Å². The van der Waals surface area contributed by atoms with Crippen LogP contribution in [0.1, 0.15) is 22.9 Å². The van der Waals surface area contributed by atoms with E-state index in [1.165, 1.54) is 30.3 Å². The lowest BCUT2D eigenvalue weighted by atomic mass is 9.95. The maximum Gasteiger partial charge on any atom is 0.301 e. The van der Waals surface area contributed by atoms with Crippen LogP contribution < -0.4 is 9.64 Å². The lowest BCUT2D eigenvalue weighted by Crippen LogP contribution is -2.29. The quantitative estimate of drug-likeness (QED) is 0.139. The van der Waals surface area contributed by atoms with Crippen LogP contribution in [0.15, 0.2) is 77.3 Å². The molecule has 1 aromatic heterocycles. The number of ether oxygens (including phenoxy) is 1. The maximum atomic E-state index is 13.1. The van der Waals surface area contributed by atoms with Crippen LogP contribution in [0.2, 0.25) is 0 Å². The van der Waals surface area contributed by atoms with Crippen molar-refractivity contribution in [3.8, 4) is 5.75 Å². The molecule has 1 aliphatic rings. The second-order valence-corrected chi connectivity index (χ2v) is 7.44. The summed E-state index contributed by atoms with van der Waals surface area (Å²) in [4.78, 5) is 37.7. The third-order valence-electron chi connectivity index (χ3n) is 5.22. The van der Waals surface area contributed by atoms with Crippen molar-refractivity contribution in [1.29, 1.82) is 0 Å². The number of anilines is 1. The average Bonchev–Trinajstić information content (AvgIpc) is 3.38. The lowest BCUT2D eigenvalue weighted by molar-refractivity contribution is -0.384. The van der Waals surface area contributed by atoms with Crippen LogP contribution >= 0.6 is 0 Å². The van der Waals surface area contributed by atoms with Crippen LogP contribution in [0.3, 0.4) is 0 Å². The number of Topliss-reactive ketones (excluding diaryl/α,β-unsaturated/α-hetero) is 1. The van der Waals surface area contributed by atoms with Gasteiger partial charge in [0.15, 0.2) is 5.82 Å². The van der Waals surface area contributed by atoms with Crippen molar-refractivity contribution >= 4 is 29.0 Å². The normalized spacial score (nSPS) is 17.1. The largest absolute Gasteiger partial charge is 0.507 e. The SMILES string of the molecule is C=CCOc1ccc(/C(O)=C2\C(=O)C(=O)N(c3cc(C)on3)C2c2ccc([N+](=O)[O-])cc2)cc1. The number of ketones is 1. The van der Waals surface area contributed by atoms with Crippen molar-refractivity contribution in [2.75, 3.05) is 11.5 Å². The van der Waals surface area contributed by atoms with E-state index >= 15 is 0 Å². The Balaban J connectivity index is 1.84. The van der Waals surface area contributed by atoms with E-state index in [-0.39, 0.29) is 22.6 Å². The summed E-state index contributed by atoms with van der Waals surface area (Å²) in [5, 5.41) is 26.0. The zero-order valence-electron chi connectivity index (χ0n) is 18.0. The topological polar surface area (TPSA) is 136 Å². The molecule has 0 radical (unpaired) electrons. The lowest BCUT2D eigenvalue weighted by Gasteiger charge is -2.22. The molecule has 1 fully saturated rings. The van der Waals surface area contributed by atoms with E-state index < -0.39 is 28.4 Å². The van der Waals surface area contributed by atoms with Gasteiger partial charge in [0, 0.05) is 23.8 Å². The molecule has 3 aromatic rings. The predicted octanol–water partition coefficient (Wildman–Crippen LogP) is 4.08. The first-order valence-corrected chi connectivity index (χ1v) is 10.1. The Morgan fingerprint density at radius 3 is 2.47 bits per heavy atom. The summed E-state index contributed by atoms with van der Waals surface area (Å²) in [7, 11) is 0. The molecule has 0 aliphatic carbocycles. The van der Waals surface area contributed by atoms with Crippen LogP contribution in [0, 0.1) is 17.0 Å². The number of hydrogen-bond donors (Lipinski definition) is 1. The number of benzene rings is 2. The summed E-state index contributed by atoms with van der Waals surface area (Å²) in [6.07, 6.45) is 1.59. The van der Waals surface area contributed by atoms with Gasteiger partial charge in [-0.05, 0) is 48.9 Å². The third-order valence-corrected chi connectivity index (χ3v) is 5.22. The first-order valence-electron chi connectivity index (χ1n) is 10.1. The van der Waals surface area contributed by atoms with Gasteiger partial charge in [-0.3, -0.25) is 24.6 Å². The second kappa shape index (κ2) is 9.02. The molecular formula is C24H19N3O7. The number of carbonyl (C=O) groups excluding carboxylic acids is 2. The Labute approximate surface area is 193 Å².